The minimum Gasteiger partial charge on any atom is -0.374 e. The number of imidazole rings is 1. The van der Waals surface area contributed by atoms with Gasteiger partial charge in [-0.15, -0.1) is 0 Å². The molecule has 0 radical (unpaired) electrons. The fourth-order valence-electron chi connectivity index (χ4n) is 2.61. The fraction of sp³-hybridized carbons (Fsp3) is 0.400. The third kappa shape index (κ3) is 2.49. The molecule has 1 aliphatic heterocycles. The molecule has 0 amide bonds. The van der Waals surface area contributed by atoms with Crippen LogP contribution in [-0.4, -0.2) is 23.6 Å². The van der Waals surface area contributed by atoms with Crippen molar-refractivity contribution in [3.63, 3.8) is 0 Å². The molecular weight excluding hydrogens is 236 g/mol. The molecule has 2 heterocycles. The van der Waals surface area contributed by atoms with Crippen molar-refractivity contribution in [2.75, 3.05) is 18.5 Å². The molecule has 1 aromatic carbocycles. The summed E-state index contributed by atoms with van der Waals surface area (Å²) in [5.74, 6) is 0.987. The van der Waals surface area contributed by atoms with Crippen molar-refractivity contribution in [1.82, 2.24) is 15.3 Å². The van der Waals surface area contributed by atoms with E-state index in [4.69, 9.17) is 0 Å². The molecule has 0 spiro atoms. The van der Waals surface area contributed by atoms with E-state index in [9.17, 15) is 0 Å². The summed E-state index contributed by atoms with van der Waals surface area (Å²) < 4.78 is 0. The Bertz CT molecular complexity index is 547. The van der Waals surface area contributed by atoms with Crippen molar-refractivity contribution in [3.05, 3.63) is 47.5 Å². The van der Waals surface area contributed by atoms with E-state index in [0.717, 1.165) is 25.3 Å². The van der Waals surface area contributed by atoms with E-state index in [-0.39, 0.29) is 6.04 Å². The molecule has 0 fully saturated rings. The van der Waals surface area contributed by atoms with Gasteiger partial charge < -0.3 is 15.2 Å². The van der Waals surface area contributed by atoms with Gasteiger partial charge in [0, 0.05) is 38.2 Å². The lowest BCUT2D eigenvalue weighted by Crippen LogP contribution is -2.19. The summed E-state index contributed by atoms with van der Waals surface area (Å²) in [6.45, 7) is 4.13. The monoisotopic (exact) mass is 256 g/mol. The summed E-state index contributed by atoms with van der Waals surface area (Å²) in [5.41, 5.74) is 4.18. The SMILES string of the molecule is CC(NCc1ccc2c(c1)CCN2C)c1ncc[nH]1. The van der Waals surface area contributed by atoms with Crippen LogP contribution in [0.2, 0.25) is 0 Å². The highest BCUT2D eigenvalue weighted by molar-refractivity contribution is 5.58. The van der Waals surface area contributed by atoms with Crippen molar-refractivity contribution in [3.8, 4) is 0 Å². The van der Waals surface area contributed by atoms with Crippen molar-refractivity contribution < 1.29 is 0 Å². The van der Waals surface area contributed by atoms with E-state index in [1.54, 1.807) is 6.20 Å². The van der Waals surface area contributed by atoms with Crippen LogP contribution in [0, 0.1) is 0 Å². The fourth-order valence-corrected chi connectivity index (χ4v) is 2.61. The molecule has 2 aromatic rings. The Kier molecular flexibility index (Phi) is 3.25. The van der Waals surface area contributed by atoms with Gasteiger partial charge in [0.05, 0.1) is 6.04 Å². The largest absolute Gasteiger partial charge is 0.374 e. The molecule has 3 rings (SSSR count). The number of nitrogens with zero attached hydrogens (tertiary/aromatic N) is 2. The standard InChI is InChI=1S/C15H20N4/c1-11(15-16-6-7-17-15)18-10-12-3-4-14-13(9-12)5-8-19(14)2/h3-4,6-7,9,11,18H,5,8,10H2,1-2H3,(H,16,17). The van der Waals surface area contributed by atoms with Crippen LogP contribution < -0.4 is 10.2 Å². The highest BCUT2D eigenvalue weighted by Gasteiger charge is 2.15. The number of nitrogens with one attached hydrogen (secondary N) is 2. The van der Waals surface area contributed by atoms with Crippen LogP contribution in [0.4, 0.5) is 5.69 Å². The zero-order valence-electron chi connectivity index (χ0n) is 11.5. The highest BCUT2D eigenvalue weighted by atomic mass is 15.1. The molecule has 0 saturated heterocycles. The van der Waals surface area contributed by atoms with Gasteiger partial charge in [0.1, 0.15) is 5.82 Å². The molecule has 19 heavy (non-hydrogen) atoms. The first-order chi connectivity index (χ1) is 9.24. The zero-order chi connectivity index (χ0) is 13.2. The second-order valence-electron chi connectivity index (χ2n) is 5.21. The second kappa shape index (κ2) is 5.05. The van der Waals surface area contributed by atoms with Crippen molar-refractivity contribution in [2.45, 2.75) is 25.9 Å². The highest BCUT2D eigenvalue weighted by Crippen LogP contribution is 2.27. The van der Waals surface area contributed by atoms with E-state index in [2.05, 4.69) is 52.4 Å². The van der Waals surface area contributed by atoms with Gasteiger partial charge in [-0.3, -0.25) is 0 Å². The first-order valence-corrected chi connectivity index (χ1v) is 6.79. The van der Waals surface area contributed by atoms with E-state index in [0.29, 0.717) is 0 Å². The van der Waals surface area contributed by atoms with E-state index >= 15 is 0 Å². The van der Waals surface area contributed by atoms with E-state index in [1.807, 2.05) is 6.20 Å². The third-order valence-electron chi connectivity index (χ3n) is 3.81. The number of aromatic nitrogens is 2. The van der Waals surface area contributed by atoms with Crippen LogP contribution in [0.5, 0.6) is 0 Å². The maximum atomic E-state index is 4.27. The summed E-state index contributed by atoms with van der Waals surface area (Å²) >= 11 is 0. The van der Waals surface area contributed by atoms with Gasteiger partial charge in [-0.05, 0) is 30.5 Å². The van der Waals surface area contributed by atoms with Crippen LogP contribution >= 0.6 is 0 Å². The average molecular weight is 256 g/mol. The second-order valence-corrected chi connectivity index (χ2v) is 5.21. The first-order valence-electron chi connectivity index (χ1n) is 6.79. The summed E-state index contributed by atoms with van der Waals surface area (Å²) in [6, 6.07) is 7.01. The van der Waals surface area contributed by atoms with Crippen LogP contribution in [0.1, 0.15) is 29.9 Å². The van der Waals surface area contributed by atoms with Gasteiger partial charge in [0.15, 0.2) is 0 Å². The van der Waals surface area contributed by atoms with Crippen LogP contribution in [0.3, 0.4) is 0 Å². The van der Waals surface area contributed by atoms with E-state index < -0.39 is 0 Å². The normalized spacial score (nSPS) is 15.6. The predicted octanol–water partition coefficient (Wildman–Crippen LogP) is 2.25. The molecule has 1 atom stereocenters. The van der Waals surface area contributed by atoms with Gasteiger partial charge in [-0.25, -0.2) is 4.98 Å². The Morgan fingerprint density at radius 3 is 3.16 bits per heavy atom. The molecule has 4 heteroatoms. The Hall–Kier alpha value is -1.81. The summed E-state index contributed by atoms with van der Waals surface area (Å²) in [4.78, 5) is 9.73. The first kappa shape index (κ1) is 12.2. The van der Waals surface area contributed by atoms with Crippen molar-refractivity contribution >= 4 is 5.69 Å². The lowest BCUT2D eigenvalue weighted by Gasteiger charge is -2.14. The van der Waals surface area contributed by atoms with Crippen molar-refractivity contribution in [2.24, 2.45) is 0 Å². The summed E-state index contributed by atoms with van der Waals surface area (Å²) in [6.07, 6.45) is 4.81. The zero-order valence-corrected chi connectivity index (χ0v) is 11.5. The van der Waals surface area contributed by atoms with Crippen LogP contribution in [0.15, 0.2) is 30.6 Å². The number of anilines is 1. The average Bonchev–Trinajstić information content (AvgIpc) is 3.06. The van der Waals surface area contributed by atoms with Crippen LogP contribution in [0.25, 0.3) is 0 Å². The summed E-state index contributed by atoms with van der Waals surface area (Å²) in [5, 5.41) is 3.50. The molecule has 1 unspecified atom stereocenters. The topological polar surface area (TPSA) is 44.0 Å². The molecule has 2 N–H and O–H groups in total. The van der Waals surface area contributed by atoms with Gasteiger partial charge in [-0.2, -0.15) is 0 Å². The minimum atomic E-state index is 0.242. The lowest BCUT2D eigenvalue weighted by molar-refractivity contribution is 0.551. The molecule has 0 saturated carbocycles. The number of hydrogen-bond donors (Lipinski definition) is 2. The molecule has 4 nitrogen and oxygen atoms in total. The molecule has 1 aliphatic rings. The number of hydrogen-bond acceptors (Lipinski definition) is 3. The Balaban J connectivity index is 1.65. The number of likely N-dealkylation sites (N-methyl/N-ethyl adjacent to an activating group) is 1. The molecular formula is C15H20N4. The molecule has 0 bridgehead atoms. The van der Waals surface area contributed by atoms with Gasteiger partial charge in [0.25, 0.3) is 0 Å². The Labute approximate surface area is 113 Å². The molecule has 1 aromatic heterocycles. The lowest BCUT2D eigenvalue weighted by atomic mass is 10.1. The number of benzene rings is 1. The molecule has 100 valence electrons. The van der Waals surface area contributed by atoms with E-state index in [1.165, 1.54) is 16.8 Å². The minimum absolute atomic E-state index is 0.242. The maximum absolute atomic E-state index is 4.27. The maximum Gasteiger partial charge on any atom is 0.122 e. The van der Waals surface area contributed by atoms with Gasteiger partial charge in [0.2, 0.25) is 0 Å². The number of fused-ring (bicyclic) bond motifs is 1. The number of aromatic amines is 1. The quantitative estimate of drug-likeness (QED) is 0.882. The van der Waals surface area contributed by atoms with Gasteiger partial charge in [-0.1, -0.05) is 12.1 Å². The van der Waals surface area contributed by atoms with Crippen molar-refractivity contribution in [1.29, 1.82) is 0 Å². The number of H-pyrrole nitrogens is 1. The third-order valence-corrected chi connectivity index (χ3v) is 3.81. The van der Waals surface area contributed by atoms with Gasteiger partial charge >= 0.3 is 0 Å². The predicted molar refractivity (Wildman–Crippen MR) is 77.3 cm³/mol. The Morgan fingerprint density at radius 2 is 2.37 bits per heavy atom. The Morgan fingerprint density at radius 1 is 1.47 bits per heavy atom. The smallest absolute Gasteiger partial charge is 0.122 e. The number of rotatable bonds is 4. The molecule has 0 aliphatic carbocycles. The summed E-state index contributed by atoms with van der Waals surface area (Å²) in [7, 11) is 2.16. The van der Waals surface area contributed by atoms with Crippen LogP contribution in [-0.2, 0) is 13.0 Å².